The van der Waals surface area contributed by atoms with Gasteiger partial charge in [0, 0.05) is 37.6 Å². The summed E-state index contributed by atoms with van der Waals surface area (Å²) >= 11 is 1.75. The number of nitrogens with zero attached hydrogens (tertiary/aromatic N) is 2. The SMILES string of the molecule is COCCCN(CC(=O)N1CCc2sccc2C1c1ccc(OC)cc1)C(=O)C1CC1. The van der Waals surface area contributed by atoms with E-state index in [1.54, 1.807) is 30.5 Å². The highest BCUT2D eigenvalue weighted by Crippen LogP contribution is 2.38. The van der Waals surface area contributed by atoms with E-state index in [0.29, 0.717) is 19.7 Å². The first-order valence-electron chi connectivity index (χ1n) is 10.9. The van der Waals surface area contributed by atoms with Crippen LogP contribution >= 0.6 is 11.3 Å². The van der Waals surface area contributed by atoms with Crippen LogP contribution in [0.15, 0.2) is 35.7 Å². The summed E-state index contributed by atoms with van der Waals surface area (Å²) in [7, 11) is 3.31. The van der Waals surface area contributed by atoms with Crippen molar-refractivity contribution in [1.82, 2.24) is 9.80 Å². The van der Waals surface area contributed by atoms with Crippen molar-refractivity contribution < 1.29 is 19.1 Å². The van der Waals surface area contributed by atoms with Gasteiger partial charge in [0.25, 0.3) is 0 Å². The molecule has 2 heterocycles. The lowest BCUT2D eigenvalue weighted by Crippen LogP contribution is -2.47. The van der Waals surface area contributed by atoms with Crippen LogP contribution in [0, 0.1) is 5.92 Å². The molecule has 1 atom stereocenters. The van der Waals surface area contributed by atoms with Gasteiger partial charge in [0.1, 0.15) is 5.75 Å². The molecule has 1 saturated carbocycles. The third kappa shape index (κ3) is 4.93. The fourth-order valence-corrected chi connectivity index (χ4v) is 5.14. The molecule has 1 aliphatic heterocycles. The Hall–Kier alpha value is -2.38. The molecule has 1 aliphatic carbocycles. The zero-order valence-corrected chi connectivity index (χ0v) is 19.0. The van der Waals surface area contributed by atoms with Crippen LogP contribution in [0.4, 0.5) is 0 Å². The van der Waals surface area contributed by atoms with E-state index >= 15 is 0 Å². The zero-order chi connectivity index (χ0) is 21.8. The highest BCUT2D eigenvalue weighted by atomic mass is 32.1. The molecule has 0 saturated heterocycles. The van der Waals surface area contributed by atoms with E-state index in [1.165, 1.54) is 10.4 Å². The number of carbonyl (C=O) groups excluding carboxylic acids is 2. The summed E-state index contributed by atoms with van der Waals surface area (Å²) in [5, 5.41) is 2.10. The summed E-state index contributed by atoms with van der Waals surface area (Å²) in [5.41, 5.74) is 2.25. The van der Waals surface area contributed by atoms with E-state index < -0.39 is 0 Å². The second-order valence-electron chi connectivity index (χ2n) is 8.19. The molecule has 6 nitrogen and oxygen atoms in total. The van der Waals surface area contributed by atoms with Crippen LogP contribution in [0.2, 0.25) is 0 Å². The monoisotopic (exact) mass is 442 g/mol. The van der Waals surface area contributed by atoms with E-state index in [2.05, 4.69) is 11.4 Å². The quantitative estimate of drug-likeness (QED) is 0.558. The predicted octanol–water partition coefficient (Wildman–Crippen LogP) is 3.51. The number of methoxy groups -OCH3 is 2. The van der Waals surface area contributed by atoms with Crippen LogP contribution in [-0.4, -0.2) is 62.1 Å². The smallest absolute Gasteiger partial charge is 0.242 e. The van der Waals surface area contributed by atoms with Gasteiger partial charge in [-0.1, -0.05) is 12.1 Å². The highest BCUT2D eigenvalue weighted by molar-refractivity contribution is 7.10. The largest absolute Gasteiger partial charge is 0.497 e. The van der Waals surface area contributed by atoms with Crippen molar-refractivity contribution in [1.29, 1.82) is 0 Å². The molecule has 0 spiro atoms. The maximum atomic E-state index is 13.5. The van der Waals surface area contributed by atoms with Crippen LogP contribution in [0.1, 0.15) is 41.3 Å². The molecule has 1 unspecified atom stereocenters. The van der Waals surface area contributed by atoms with Crippen LogP contribution < -0.4 is 4.74 Å². The van der Waals surface area contributed by atoms with Crippen LogP contribution in [0.3, 0.4) is 0 Å². The second kappa shape index (κ2) is 9.83. The minimum atomic E-state index is -0.134. The second-order valence-corrected chi connectivity index (χ2v) is 9.19. The van der Waals surface area contributed by atoms with Crippen molar-refractivity contribution >= 4 is 23.2 Å². The molecule has 4 rings (SSSR count). The molecule has 2 aromatic rings. The molecule has 2 amide bonds. The Bertz CT molecular complexity index is 907. The van der Waals surface area contributed by atoms with Gasteiger partial charge in [0.2, 0.25) is 11.8 Å². The molecule has 2 aliphatic rings. The summed E-state index contributed by atoms with van der Waals surface area (Å²) in [6.45, 7) is 1.93. The van der Waals surface area contributed by atoms with Crippen molar-refractivity contribution in [2.75, 3.05) is 40.5 Å². The van der Waals surface area contributed by atoms with Gasteiger partial charge >= 0.3 is 0 Å². The van der Waals surface area contributed by atoms with Crippen LogP contribution in [-0.2, 0) is 20.7 Å². The van der Waals surface area contributed by atoms with Gasteiger partial charge in [0.05, 0.1) is 19.7 Å². The van der Waals surface area contributed by atoms with Crippen LogP contribution in [0.5, 0.6) is 5.75 Å². The highest BCUT2D eigenvalue weighted by Gasteiger charge is 2.37. The standard InChI is InChI=1S/C24H30N2O4S/c1-29-14-3-12-25(24(28)18-4-5-18)16-22(27)26-13-10-21-20(11-15-31-21)23(26)17-6-8-19(30-2)9-7-17/h6-9,11,15,18,23H,3-5,10,12-14,16H2,1-2H3. The number of carbonyl (C=O) groups is 2. The molecule has 31 heavy (non-hydrogen) atoms. The summed E-state index contributed by atoms with van der Waals surface area (Å²) in [5.74, 6) is 1.00. The fourth-order valence-electron chi connectivity index (χ4n) is 4.24. The topological polar surface area (TPSA) is 59.1 Å². The molecule has 1 aromatic heterocycles. The van der Waals surface area contributed by atoms with Crippen molar-refractivity contribution in [2.24, 2.45) is 5.92 Å². The number of hydrogen-bond acceptors (Lipinski definition) is 5. The number of fused-ring (bicyclic) bond motifs is 1. The van der Waals surface area contributed by atoms with Gasteiger partial charge in [-0.25, -0.2) is 0 Å². The third-order valence-electron chi connectivity index (χ3n) is 6.06. The minimum Gasteiger partial charge on any atom is -0.497 e. The number of thiophene rings is 1. The molecule has 166 valence electrons. The lowest BCUT2D eigenvalue weighted by atomic mass is 9.93. The van der Waals surface area contributed by atoms with Crippen molar-refractivity contribution in [2.45, 2.75) is 31.7 Å². The van der Waals surface area contributed by atoms with Gasteiger partial charge in [-0.2, -0.15) is 0 Å². The van der Waals surface area contributed by atoms with Crippen molar-refractivity contribution in [3.8, 4) is 5.75 Å². The predicted molar refractivity (Wildman–Crippen MR) is 120 cm³/mol. The number of rotatable bonds is 9. The van der Waals surface area contributed by atoms with E-state index in [0.717, 1.165) is 37.0 Å². The molecule has 7 heteroatoms. The summed E-state index contributed by atoms with van der Waals surface area (Å²) < 4.78 is 10.5. The Balaban J connectivity index is 1.56. The lowest BCUT2D eigenvalue weighted by molar-refractivity contribution is -0.142. The van der Waals surface area contributed by atoms with Crippen molar-refractivity contribution in [3.05, 3.63) is 51.7 Å². The number of hydrogen-bond donors (Lipinski definition) is 0. The molecule has 0 N–H and O–H groups in total. The number of benzene rings is 1. The first-order valence-corrected chi connectivity index (χ1v) is 11.8. The number of ether oxygens (including phenoxy) is 2. The molecule has 1 fully saturated rings. The number of amides is 2. The Kier molecular flexibility index (Phi) is 6.92. The van der Waals surface area contributed by atoms with Crippen molar-refractivity contribution in [3.63, 3.8) is 0 Å². The molecule has 0 bridgehead atoms. The third-order valence-corrected chi connectivity index (χ3v) is 7.06. The van der Waals surface area contributed by atoms with E-state index in [1.807, 2.05) is 29.2 Å². The Morgan fingerprint density at radius 1 is 1.16 bits per heavy atom. The van der Waals surface area contributed by atoms with E-state index in [9.17, 15) is 9.59 Å². The van der Waals surface area contributed by atoms with Gasteiger partial charge < -0.3 is 19.3 Å². The Morgan fingerprint density at radius 3 is 2.61 bits per heavy atom. The van der Waals surface area contributed by atoms with E-state index in [-0.39, 0.29) is 30.3 Å². The maximum Gasteiger partial charge on any atom is 0.242 e. The molecular weight excluding hydrogens is 412 g/mol. The Labute approximate surface area is 187 Å². The van der Waals surface area contributed by atoms with Crippen LogP contribution in [0.25, 0.3) is 0 Å². The fraction of sp³-hybridized carbons (Fsp3) is 0.500. The summed E-state index contributed by atoms with van der Waals surface area (Å²) in [4.78, 5) is 31.3. The average molecular weight is 443 g/mol. The lowest BCUT2D eigenvalue weighted by Gasteiger charge is -2.37. The van der Waals surface area contributed by atoms with E-state index in [4.69, 9.17) is 9.47 Å². The van der Waals surface area contributed by atoms with Gasteiger partial charge in [-0.05, 0) is 60.4 Å². The molecular formula is C24H30N2O4S. The molecule has 0 radical (unpaired) electrons. The first kappa shape index (κ1) is 21.8. The maximum absolute atomic E-state index is 13.5. The Morgan fingerprint density at radius 2 is 1.94 bits per heavy atom. The normalized spacial score (nSPS) is 17.9. The molecule has 1 aromatic carbocycles. The van der Waals surface area contributed by atoms with Gasteiger partial charge in [0.15, 0.2) is 0 Å². The average Bonchev–Trinajstić information content (AvgIpc) is 3.54. The zero-order valence-electron chi connectivity index (χ0n) is 18.2. The first-order chi connectivity index (χ1) is 15.1. The van der Waals surface area contributed by atoms with Gasteiger partial charge in [-0.15, -0.1) is 11.3 Å². The summed E-state index contributed by atoms with van der Waals surface area (Å²) in [6.07, 6.45) is 3.46. The minimum absolute atomic E-state index is 0.00378. The summed E-state index contributed by atoms with van der Waals surface area (Å²) in [6, 6.07) is 9.92. The van der Waals surface area contributed by atoms with Gasteiger partial charge in [-0.3, -0.25) is 9.59 Å².